The molecule has 24 heavy (non-hydrogen) atoms. The molecular weight excluding hydrogens is 352 g/mol. The molecule has 0 spiro atoms. The van der Waals surface area contributed by atoms with E-state index in [0.717, 1.165) is 6.54 Å². The van der Waals surface area contributed by atoms with Crippen LogP contribution in [0.1, 0.15) is 24.3 Å². The van der Waals surface area contributed by atoms with Crippen LogP contribution in [0.25, 0.3) is 0 Å². The maximum atomic E-state index is 13.0. The molecule has 3 rings (SSSR count). The highest BCUT2D eigenvalue weighted by Gasteiger charge is 2.48. The maximum absolute atomic E-state index is 13.0. The Morgan fingerprint density at radius 3 is 2.58 bits per heavy atom. The van der Waals surface area contributed by atoms with E-state index in [2.05, 4.69) is 23.8 Å². The summed E-state index contributed by atoms with van der Waals surface area (Å²) in [5.74, 6) is 0.347. The normalized spacial score (nSPS) is 26.8. The fourth-order valence-corrected chi connectivity index (χ4v) is 6.02. The Balaban J connectivity index is 1.90. The van der Waals surface area contributed by atoms with E-state index < -0.39 is 9.84 Å². The summed E-state index contributed by atoms with van der Waals surface area (Å²) in [6, 6.07) is -0.455. The van der Waals surface area contributed by atoms with Crippen molar-refractivity contribution in [3.63, 3.8) is 0 Å². The first-order valence-corrected chi connectivity index (χ1v) is 10.3. The number of piperazine rings is 1. The van der Waals surface area contributed by atoms with Crippen molar-refractivity contribution in [2.75, 3.05) is 31.1 Å². The minimum absolute atomic E-state index is 0.0213. The van der Waals surface area contributed by atoms with Crippen molar-refractivity contribution in [2.45, 2.75) is 25.9 Å². The van der Waals surface area contributed by atoms with E-state index >= 15 is 0 Å². The molecule has 2 aliphatic rings. The standard InChI is InChI=1S/C15H23ClN4O3S/c1-10(2)7-19-4-5-20(13-9-24(22,23)8-12(13)19)15(21)14-11(16)6-17-18(14)3/h6,10,12-13H,4-5,7-9H2,1-3H3/t12-,13+/m1/s1. The predicted octanol–water partition coefficient (Wildman–Crippen LogP) is 0.653. The van der Waals surface area contributed by atoms with E-state index in [1.807, 2.05) is 0 Å². The van der Waals surface area contributed by atoms with Crippen LogP contribution in [0.2, 0.25) is 5.02 Å². The minimum atomic E-state index is -3.14. The number of carbonyl (C=O) groups excluding carboxylic acids is 1. The Kier molecular flexibility index (Phi) is 4.65. The first-order valence-electron chi connectivity index (χ1n) is 8.12. The fourth-order valence-electron chi connectivity index (χ4n) is 3.76. The van der Waals surface area contributed by atoms with E-state index in [1.165, 1.54) is 10.9 Å². The van der Waals surface area contributed by atoms with Gasteiger partial charge in [-0.2, -0.15) is 5.10 Å². The lowest BCUT2D eigenvalue weighted by molar-refractivity contribution is 0.0289. The molecule has 1 amide bonds. The number of sulfone groups is 1. The van der Waals surface area contributed by atoms with Gasteiger partial charge in [0.2, 0.25) is 0 Å². The third-order valence-corrected chi connectivity index (χ3v) is 6.72. The summed E-state index contributed by atoms with van der Waals surface area (Å²) in [7, 11) is -1.48. The average molecular weight is 375 g/mol. The second-order valence-electron chi connectivity index (χ2n) is 7.06. The molecule has 0 N–H and O–H groups in total. The summed E-state index contributed by atoms with van der Waals surface area (Å²) >= 11 is 6.10. The summed E-state index contributed by atoms with van der Waals surface area (Å²) < 4.78 is 25.9. The molecule has 1 aromatic heterocycles. The molecule has 2 fully saturated rings. The molecule has 2 aliphatic heterocycles. The first kappa shape index (κ1) is 17.7. The Labute approximate surface area is 147 Å². The molecular formula is C15H23ClN4O3S. The third kappa shape index (κ3) is 3.19. The highest BCUT2D eigenvalue weighted by Crippen LogP contribution is 2.29. The number of hydrogen-bond donors (Lipinski definition) is 0. The monoisotopic (exact) mass is 374 g/mol. The van der Waals surface area contributed by atoms with Crippen molar-refractivity contribution < 1.29 is 13.2 Å². The van der Waals surface area contributed by atoms with Crippen molar-refractivity contribution >= 4 is 27.3 Å². The van der Waals surface area contributed by atoms with Crippen LogP contribution in [0.5, 0.6) is 0 Å². The van der Waals surface area contributed by atoms with Crippen LogP contribution in [0.4, 0.5) is 0 Å². The first-order chi connectivity index (χ1) is 11.2. The average Bonchev–Trinajstić information content (AvgIpc) is 2.97. The van der Waals surface area contributed by atoms with Crippen molar-refractivity contribution in [2.24, 2.45) is 13.0 Å². The highest BCUT2D eigenvalue weighted by atomic mass is 35.5. The lowest BCUT2D eigenvalue weighted by Crippen LogP contribution is -2.61. The summed E-state index contributed by atoms with van der Waals surface area (Å²) in [4.78, 5) is 16.8. The van der Waals surface area contributed by atoms with Gasteiger partial charge < -0.3 is 4.90 Å². The largest absolute Gasteiger partial charge is 0.330 e. The van der Waals surface area contributed by atoms with Crippen LogP contribution in [-0.2, 0) is 16.9 Å². The molecule has 0 radical (unpaired) electrons. The molecule has 0 unspecified atom stereocenters. The second kappa shape index (κ2) is 6.31. The number of halogens is 1. The topological polar surface area (TPSA) is 75.5 Å². The molecule has 0 aliphatic carbocycles. The van der Waals surface area contributed by atoms with Gasteiger partial charge in [0.15, 0.2) is 9.84 Å². The van der Waals surface area contributed by atoms with Gasteiger partial charge in [-0.15, -0.1) is 0 Å². The van der Waals surface area contributed by atoms with Gasteiger partial charge in [-0.25, -0.2) is 8.42 Å². The number of amides is 1. The van der Waals surface area contributed by atoms with Gasteiger partial charge in [0.1, 0.15) is 5.69 Å². The van der Waals surface area contributed by atoms with Crippen molar-refractivity contribution in [1.82, 2.24) is 19.6 Å². The summed E-state index contributed by atoms with van der Waals surface area (Å²) in [6.45, 7) is 6.25. The van der Waals surface area contributed by atoms with Crippen molar-refractivity contribution in [3.05, 3.63) is 16.9 Å². The quantitative estimate of drug-likeness (QED) is 0.776. The van der Waals surface area contributed by atoms with Crippen molar-refractivity contribution in [3.8, 4) is 0 Å². The maximum Gasteiger partial charge on any atom is 0.274 e. The number of hydrogen-bond acceptors (Lipinski definition) is 5. The summed E-state index contributed by atoms with van der Waals surface area (Å²) in [5.41, 5.74) is 0.317. The fraction of sp³-hybridized carbons (Fsp3) is 0.733. The van der Waals surface area contributed by atoms with Gasteiger partial charge in [-0.1, -0.05) is 25.4 Å². The van der Waals surface area contributed by atoms with E-state index in [9.17, 15) is 13.2 Å². The Morgan fingerprint density at radius 2 is 2.00 bits per heavy atom. The molecule has 9 heteroatoms. The molecule has 3 heterocycles. The van der Waals surface area contributed by atoms with Gasteiger partial charge in [0, 0.05) is 32.7 Å². The highest BCUT2D eigenvalue weighted by molar-refractivity contribution is 7.91. The molecule has 2 saturated heterocycles. The SMILES string of the molecule is CC(C)CN1CCN(C(=O)c2c(Cl)cnn2C)[C@H]2CS(=O)(=O)C[C@H]21. The van der Waals surface area contributed by atoms with Gasteiger partial charge in [-0.05, 0) is 5.92 Å². The Morgan fingerprint density at radius 1 is 1.33 bits per heavy atom. The van der Waals surface area contributed by atoms with Crippen LogP contribution in [-0.4, -0.2) is 77.1 Å². The minimum Gasteiger partial charge on any atom is -0.330 e. The molecule has 0 aromatic carbocycles. The summed E-state index contributed by atoms with van der Waals surface area (Å²) in [5, 5.41) is 4.30. The van der Waals surface area contributed by atoms with Crippen LogP contribution in [0, 0.1) is 5.92 Å². The van der Waals surface area contributed by atoms with Crippen molar-refractivity contribution in [1.29, 1.82) is 0 Å². The number of rotatable bonds is 3. The Bertz CT molecular complexity index is 726. The predicted molar refractivity (Wildman–Crippen MR) is 91.9 cm³/mol. The lowest BCUT2D eigenvalue weighted by atomic mass is 10.0. The number of nitrogens with zero attached hydrogens (tertiary/aromatic N) is 4. The molecule has 1 aromatic rings. The van der Waals surface area contributed by atoms with Crippen LogP contribution in [0.3, 0.4) is 0 Å². The Hall–Kier alpha value is -1.12. The van der Waals surface area contributed by atoms with E-state index in [-0.39, 0.29) is 29.5 Å². The zero-order valence-electron chi connectivity index (χ0n) is 14.1. The van der Waals surface area contributed by atoms with E-state index in [1.54, 1.807) is 11.9 Å². The second-order valence-corrected chi connectivity index (χ2v) is 9.62. The van der Waals surface area contributed by atoms with Gasteiger partial charge >= 0.3 is 0 Å². The molecule has 7 nitrogen and oxygen atoms in total. The molecule has 2 atom stereocenters. The van der Waals surface area contributed by atoms with E-state index in [4.69, 9.17) is 11.6 Å². The number of aryl methyl sites for hydroxylation is 1. The van der Waals surface area contributed by atoms with Crippen LogP contribution < -0.4 is 0 Å². The van der Waals surface area contributed by atoms with Crippen LogP contribution in [0.15, 0.2) is 6.20 Å². The molecule has 0 bridgehead atoms. The number of carbonyl (C=O) groups is 1. The van der Waals surface area contributed by atoms with E-state index in [0.29, 0.717) is 29.7 Å². The van der Waals surface area contributed by atoms with Gasteiger partial charge in [0.05, 0.1) is 28.8 Å². The van der Waals surface area contributed by atoms with Gasteiger partial charge in [-0.3, -0.25) is 14.4 Å². The zero-order chi connectivity index (χ0) is 17.6. The molecule has 0 saturated carbocycles. The number of fused-ring (bicyclic) bond motifs is 1. The number of aromatic nitrogens is 2. The van der Waals surface area contributed by atoms with Crippen LogP contribution >= 0.6 is 11.6 Å². The lowest BCUT2D eigenvalue weighted by Gasteiger charge is -2.44. The molecule has 134 valence electrons. The third-order valence-electron chi connectivity index (χ3n) is 4.75. The van der Waals surface area contributed by atoms with Gasteiger partial charge in [0.25, 0.3) is 5.91 Å². The smallest absolute Gasteiger partial charge is 0.274 e. The summed E-state index contributed by atoms with van der Waals surface area (Å²) in [6.07, 6.45) is 1.44. The zero-order valence-corrected chi connectivity index (χ0v) is 15.7.